The molecular weight excluding hydrogens is 464 g/mol. The summed E-state index contributed by atoms with van der Waals surface area (Å²) in [5.41, 5.74) is 1.24. The number of aryl methyl sites for hydroxylation is 1. The van der Waals surface area contributed by atoms with E-state index in [2.05, 4.69) is 20.1 Å². The molecule has 0 aliphatic carbocycles. The summed E-state index contributed by atoms with van der Waals surface area (Å²) in [6.45, 7) is 0.473. The lowest BCUT2D eigenvalue weighted by molar-refractivity contribution is -0.384. The quantitative estimate of drug-likeness (QED) is 0.337. The van der Waals surface area contributed by atoms with Crippen molar-refractivity contribution in [2.24, 2.45) is 0 Å². The standard InChI is InChI=1S/C22H19ClN6O5/c23-16-7-5-13(10-15(16)21-26-25-19-4-2-1-3-9-27(19)21)24-20(30)12-28-17-8-6-14(29(32)33)11-18(17)34-22(28)31/h5-8,10-11H,1-4,9,12H2,(H,24,30). The summed E-state index contributed by atoms with van der Waals surface area (Å²) in [5.74, 6) is 0.311. The van der Waals surface area contributed by atoms with Crippen LogP contribution in [0.2, 0.25) is 5.02 Å². The van der Waals surface area contributed by atoms with Crippen LogP contribution in [0.3, 0.4) is 0 Å². The number of hydrogen-bond acceptors (Lipinski definition) is 7. The second-order valence-electron chi connectivity index (χ2n) is 8.01. The maximum Gasteiger partial charge on any atom is 0.420 e. The van der Waals surface area contributed by atoms with E-state index < -0.39 is 16.6 Å². The Balaban J connectivity index is 1.39. The Morgan fingerprint density at radius 2 is 2.03 bits per heavy atom. The fourth-order valence-electron chi connectivity index (χ4n) is 4.12. The van der Waals surface area contributed by atoms with E-state index in [0.717, 1.165) is 48.7 Å². The normalized spacial score (nSPS) is 13.4. The maximum absolute atomic E-state index is 12.7. The van der Waals surface area contributed by atoms with Crippen LogP contribution < -0.4 is 11.1 Å². The molecule has 12 heteroatoms. The van der Waals surface area contributed by atoms with Crippen LogP contribution >= 0.6 is 11.6 Å². The minimum atomic E-state index is -0.784. The van der Waals surface area contributed by atoms with E-state index in [-0.39, 0.29) is 23.3 Å². The van der Waals surface area contributed by atoms with E-state index in [0.29, 0.717) is 22.1 Å². The number of nitrogens with one attached hydrogen (secondary N) is 1. The number of oxazole rings is 1. The van der Waals surface area contributed by atoms with Gasteiger partial charge in [0.05, 0.1) is 21.5 Å². The number of benzene rings is 2. The van der Waals surface area contributed by atoms with Crippen LogP contribution in [0.4, 0.5) is 11.4 Å². The third kappa shape index (κ3) is 4.05. The highest BCUT2D eigenvalue weighted by molar-refractivity contribution is 6.33. The number of anilines is 1. The van der Waals surface area contributed by atoms with E-state index in [9.17, 15) is 19.7 Å². The van der Waals surface area contributed by atoms with Crippen LogP contribution in [0.25, 0.3) is 22.5 Å². The van der Waals surface area contributed by atoms with Crippen molar-refractivity contribution in [3.05, 3.63) is 67.9 Å². The first-order valence-corrected chi connectivity index (χ1v) is 11.1. The number of hydrogen-bond donors (Lipinski definition) is 1. The molecule has 174 valence electrons. The summed E-state index contributed by atoms with van der Waals surface area (Å²) < 4.78 is 8.26. The van der Waals surface area contributed by atoms with Gasteiger partial charge in [-0.15, -0.1) is 10.2 Å². The number of carbonyl (C=O) groups excluding carboxylic acids is 1. The monoisotopic (exact) mass is 482 g/mol. The zero-order valence-corrected chi connectivity index (χ0v) is 18.6. The first-order valence-electron chi connectivity index (χ1n) is 10.7. The van der Waals surface area contributed by atoms with Crippen LogP contribution in [-0.2, 0) is 24.3 Å². The van der Waals surface area contributed by atoms with Gasteiger partial charge in [-0.2, -0.15) is 0 Å². The van der Waals surface area contributed by atoms with Gasteiger partial charge in [-0.1, -0.05) is 18.0 Å². The molecule has 0 bridgehead atoms. The van der Waals surface area contributed by atoms with Crippen molar-refractivity contribution in [2.45, 2.75) is 38.8 Å². The highest BCUT2D eigenvalue weighted by atomic mass is 35.5. The van der Waals surface area contributed by atoms with Gasteiger partial charge in [-0.25, -0.2) is 4.79 Å². The van der Waals surface area contributed by atoms with Gasteiger partial charge >= 0.3 is 5.76 Å². The first kappa shape index (κ1) is 21.8. The van der Waals surface area contributed by atoms with Crippen LogP contribution in [0, 0.1) is 10.1 Å². The Hall–Kier alpha value is -3.99. The van der Waals surface area contributed by atoms with Crippen molar-refractivity contribution >= 4 is 40.0 Å². The van der Waals surface area contributed by atoms with Crippen LogP contribution in [0.5, 0.6) is 0 Å². The molecule has 0 unspecified atom stereocenters. The zero-order chi connectivity index (χ0) is 23.8. The van der Waals surface area contributed by atoms with Crippen LogP contribution in [0.15, 0.2) is 45.6 Å². The SMILES string of the molecule is O=C(Cn1c(=O)oc2cc([N+](=O)[O-])ccc21)Nc1ccc(Cl)c(-c2nnc3n2CCCCC3)c1. The minimum Gasteiger partial charge on any atom is -0.407 e. The van der Waals surface area contributed by atoms with Gasteiger partial charge < -0.3 is 14.3 Å². The summed E-state index contributed by atoms with van der Waals surface area (Å²) >= 11 is 6.44. The number of rotatable bonds is 5. The van der Waals surface area contributed by atoms with Gasteiger partial charge in [0.2, 0.25) is 5.91 Å². The Bertz CT molecular complexity index is 1490. The Morgan fingerprint density at radius 3 is 2.85 bits per heavy atom. The highest BCUT2D eigenvalue weighted by Crippen LogP contribution is 2.31. The van der Waals surface area contributed by atoms with Gasteiger partial charge in [0.1, 0.15) is 12.4 Å². The third-order valence-corrected chi connectivity index (χ3v) is 6.09. The smallest absolute Gasteiger partial charge is 0.407 e. The summed E-state index contributed by atoms with van der Waals surface area (Å²) in [5, 5.41) is 22.8. The fraction of sp³-hybridized carbons (Fsp3) is 0.273. The molecule has 34 heavy (non-hydrogen) atoms. The lowest BCUT2D eigenvalue weighted by Crippen LogP contribution is -2.24. The number of non-ortho nitro benzene ring substituents is 1. The predicted octanol–water partition coefficient (Wildman–Crippen LogP) is 3.78. The Kier molecular flexibility index (Phi) is 5.62. The van der Waals surface area contributed by atoms with Crippen molar-refractivity contribution in [3.63, 3.8) is 0 Å². The second kappa shape index (κ2) is 8.75. The van der Waals surface area contributed by atoms with Crippen molar-refractivity contribution in [2.75, 3.05) is 5.32 Å². The molecule has 1 N–H and O–H groups in total. The molecular formula is C22H19ClN6O5. The number of amides is 1. The first-order chi connectivity index (χ1) is 16.4. The molecule has 3 heterocycles. The van der Waals surface area contributed by atoms with Crippen LogP contribution in [-0.4, -0.2) is 30.2 Å². The van der Waals surface area contributed by atoms with Crippen molar-refractivity contribution in [3.8, 4) is 11.4 Å². The second-order valence-corrected chi connectivity index (χ2v) is 8.42. The van der Waals surface area contributed by atoms with E-state index in [1.807, 2.05) is 0 Å². The molecule has 2 aromatic heterocycles. The minimum absolute atomic E-state index is 0.0354. The molecule has 1 amide bonds. The molecule has 5 rings (SSSR count). The number of nitro groups is 1. The van der Waals surface area contributed by atoms with Gasteiger partial charge in [-0.3, -0.25) is 19.5 Å². The lowest BCUT2D eigenvalue weighted by atomic mass is 10.1. The van der Waals surface area contributed by atoms with E-state index in [1.165, 1.54) is 12.1 Å². The van der Waals surface area contributed by atoms with E-state index >= 15 is 0 Å². The van der Waals surface area contributed by atoms with Crippen molar-refractivity contribution in [1.29, 1.82) is 0 Å². The number of nitro benzene ring substituents is 1. The van der Waals surface area contributed by atoms with Gasteiger partial charge in [-0.05, 0) is 37.1 Å². The molecule has 0 atom stereocenters. The highest BCUT2D eigenvalue weighted by Gasteiger charge is 2.20. The van der Waals surface area contributed by atoms with Gasteiger partial charge in [0, 0.05) is 30.3 Å². The third-order valence-electron chi connectivity index (χ3n) is 5.76. The predicted molar refractivity (Wildman–Crippen MR) is 124 cm³/mol. The summed E-state index contributed by atoms with van der Waals surface area (Å²) in [4.78, 5) is 35.3. The number of nitrogens with zero attached hydrogens (tertiary/aromatic N) is 5. The fourth-order valence-corrected chi connectivity index (χ4v) is 4.32. The number of halogens is 1. The molecule has 11 nitrogen and oxygen atoms in total. The topological polar surface area (TPSA) is 138 Å². The van der Waals surface area contributed by atoms with E-state index in [4.69, 9.17) is 16.0 Å². The largest absolute Gasteiger partial charge is 0.420 e. The van der Waals surface area contributed by atoms with Crippen molar-refractivity contribution < 1.29 is 14.1 Å². The Labute approximate surface area is 197 Å². The molecule has 0 radical (unpaired) electrons. The van der Waals surface area contributed by atoms with Crippen LogP contribution in [0.1, 0.15) is 25.1 Å². The molecule has 0 spiro atoms. The van der Waals surface area contributed by atoms with Gasteiger partial charge in [0.15, 0.2) is 11.4 Å². The number of aromatic nitrogens is 4. The van der Waals surface area contributed by atoms with Gasteiger partial charge in [0.25, 0.3) is 5.69 Å². The molecule has 0 saturated heterocycles. The maximum atomic E-state index is 12.7. The average molecular weight is 483 g/mol. The van der Waals surface area contributed by atoms with E-state index in [1.54, 1.807) is 18.2 Å². The summed E-state index contributed by atoms with van der Waals surface area (Å²) in [6, 6.07) is 8.83. The molecule has 0 saturated carbocycles. The number of carbonyl (C=O) groups is 1. The average Bonchev–Trinajstić information content (AvgIpc) is 3.25. The molecule has 4 aromatic rings. The molecule has 2 aromatic carbocycles. The Morgan fingerprint density at radius 1 is 1.18 bits per heavy atom. The summed E-state index contributed by atoms with van der Waals surface area (Å²) in [6.07, 6.45) is 4.08. The van der Waals surface area contributed by atoms with Crippen molar-refractivity contribution in [1.82, 2.24) is 19.3 Å². The summed E-state index contributed by atoms with van der Waals surface area (Å²) in [7, 11) is 0. The molecule has 0 fully saturated rings. The molecule has 1 aliphatic heterocycles. The lowest BCUT2D eigenvalue weighted by Gasteiger charge is -2.11. The molecule has 1 aliphatic rings. The zero-order valence-electron chi connectivity index (χ0n) is 17.9. The number of fused-ring (bicyclic) bond motifs is 2.